The van der Waals surface area contributed by atoms with Crippen LogP contribution in [0.4, 0.5) is 5.69 Å². The third-order valence-corrected chi connectivity index (χ3v) is 6.64. The molecule has 208 valence electrons. The maximum absolute atomic E-state index is 14.3. The number of hydrogen-bond acceptors (Lipinski definition) is 6. The summed E-state index contributed by atoms with van der Waals surface area (Å²) in [5, 5.41) is 11.4. The molecule has 0 fully saturated rings. The smallest absolute Gasteiger partial charge is 0.249 e. The topological polar surface area (TPSA) is 98.6 Å². The second-order valence-corrected chi connectivity index (χ2v) is 9.28. The van der Waals surface area contributed by atoms with Crippen molar-refractivity contribution in [3.63, 3.8) is 0 Å². The minimum absolute atomic E-state index is 0.141. The van der Waals surface area contributed by atoms with Gasteiger partial charge in [-0.15, -0.1) is 5.10 Å². The Balaban J connectivity index is 1.58. The van der Waals surface area contributed by atoms with Crippen LogP contribution in [0.2, 0.25) is 0 Å². The first-order valence-corrected chi connectivity index (χ1v) is 13.4. The third-order valence-electron chi connectivity index (χ3n) is 6.64. The van der Waals surface area contributed by atoms with Gasteiger partial charge in [0.05, 0.1) is 24.9 Å². The summed E-state index contributed by atoms with van der Waals surface area (Å²) in [5.41, 5.74) is 3.40. The van der Waals surface area contributed by atoms with Crippen molar-refractivity contribution in [2.45, 2.75) is 26.1 Å². The number of nitrogens with zero attached hydrogens (tertiary/aromatic N) is 4. The van der Waals surface area contributed by atoms with E-state index >= 15 is 0 Å². The van der Waals surface area contributed by atoms with Gasteiger partial charge in [-0.05, 0) is 54.4 Å². The van der Waals surface area contributed by atoms with Crippen LogP contribution >= 0.6 is 0 Å². The van der Waals surface area contributed by atoms with Gasteiger partial charge in [-0.2, -0.15) is 0 Å². The first-order valence-electron chi connectivity index (χ1n) is 13.4. The molecule has 1 heterocycles. The minimum atomic E-state index is -1.02. The molecular weight excluding hydrogens is 518 g/mol. The highest BCUT2D eigenvalue weighted by molar-refractivity contribution is 6.02. The Morgan fingerprint density at radius 1 is 0.902 bits per heavy atom. The molecule has 0 spiro atoms. The molecule has 0 unspecified atom stereocenters. The highest BCUT2D eigenvalue weighted by atomic mass is 16.5. The molecule has 0 bridgehead atoms. The number of hydrogen-bond donors (Lipinski definition) is 1. The van der Waals surface area contributed by atoms with Crippen LogP contribution in [0.5, 0.6) is 11.5 Å². The highest BCUT2D eigenvalue weighted by Gasteiger charge is 2.35. The van der Waals surface area contributed by atoms with Crippen LogP contribution in [0, 0.1) is 0 Å². The fourth-order valence-electron chi connectivity index (χ4n) is 4.70. The van der Waals surface area contributed by atoms with Crippen molar-refractivity contribution in [3.8, 4) is 11.5 Å². The van der Waals surface area contributed by atoms with Crippen LogP contribution in [0.25, 0.3) is 11.0 Å². The molecule has 9 nitrogen and oxygen atoms in total. The van der Waals surface area contributed by atoms with Crippen molar-refractivity contribution >= 4 is 28.5 Å². The van der Waals surface area contributed by atoms with Gasteiger partial charge in [0.25, 0.3) is 0 Å². The Labute approximate surface area is 238 Å². The molecule has 2 amide bonds. The van der Waals surface area contributed by atoms with E-state index in [1.54, 1.807) is 42.5 Å². The van der Waals surface area contributed by atoms with E-state index in [0.29, 0.717) is 46.9 Å². The number of amides is 2. The molecule has 1 atom stereocenters. The van der Waals surface area contributed by atoms with Crippen molar-refractivity contribution in [2.75, 3.05) is 18.6 Å². The van der Waals surface area contributed by atoms with Gasteiger partial charge in [0.1, 0.15) is 29.6 Å². The average molecular weight is 550 g/mol. The molecule has 5 rings (SSSR count). The lowest BCUT2D eigenvalue weighted by molar-refractivity contribution is -0.127. The zero-order valence-electron chi connectivity index (χ0n) is 22.9. The Morgan fingerprint density at radius 3 is 2.37 bits per heavy atom. The fourth-order valence-corrected chi connectivity index (χ4v) is 4.70. The van der Waals surface area contributed by atoms with Crippen LogP contribution in [0.1, 0.15) is 24.1 Å². The SMILES string of the molecule is CCOc1ccc([C@@H](C(=O)NCc2ccccc2)N(C(=O)Cn2nnc3ccccc32)c2ccccc2OC)cc1. The fraction of sp³-hybridized carbons (Fsp3) is 0.188. The predicted molar refractivity (Wildman–Crippen MR) is 157 cm³/mol. The maximum Gasteiger partial charge on any atom is 0.249 e. The van der Waals surface area contributed by atoms with E-state index in [1.165, 1.54) is 16.7 Å². The van der Waals surface area contributed by atoms with Gasteiger partial charge in [0.15, 0.2) is 0 Å². The Morgan fingerprint density at radius 2 is 1.61 bits per heavy atom. The molecule has 9 heteroatoms. The number of anilines is 1. The Kier molecular flexibility index (Phi) is 8.54. The van der Waals surface area contributed by atoms with E-state index in [1.807, 2.05) is 67.6 Å². The van der Waals surface area contributed by atoms with E-state index in [0.717, 1.165) is 5.56 Å². The number of carbonyl (C=O) groups is 2. The number of ether oxygens (including phenoxy) is 2. The Hall–Kier alpha value is -5.18. The summed E-state index contributed by atoms with van der Waals surface area (Å²) in [6, 6.07) is 30.4. The van der Waals surface area contributed by atoms with Crippen LogP contribution in [0.15, 0.2) is 103 Å². The number of aromatic nitrogens is 3. The summed E-state index contributed by atoms with van der Waals surface area (Å²) in [6.07, 6.45) is 0. The van der Waals surface area contributed by atoms with Crippen molar-refractivity contribution in [3.05, 3.63) is 114 Å². The van der Waals surface area contributed by atoms with Gasteiger partial charge in [-0.1, -0.05) is 71.9 Å². The van der Waals surface area contributed by atoms with E-state index in [2.05, 4.69) is 15.6 Å². The summed E-state index contributed by atoms with van der Waals surface area (Å²) in [5.74, 6) is 0.416. The van der Waals surface area contributed by atoms with Gasteiger partial charge in [0, 0.05) is 6.54 Å². The number of fused-ring (bicyclic) bond motifs is 1. The van der Waals surface area contributed by atoms with Crippen molar-refractivity contribution in [1.82, 2.24) is 20.3 Å². The van der Waals surface area contributed by atoms with Gasteiger partial charge >= 0.3 is 0 Å². The second-order valence-electron chi connectivity index (χ2n) is 9.28. The van der Waals surface area contributed by atoms with Gasteiger partial charge in [-0.25, -0.2) is 4.68 Å². The standard InChI is InChI=1S/C32H31N5O4/c1-3-41-25-19-17-24(18-20-25)31(32(39)33-21-23-11-5-4-6-12-23)37(28-15-9-10-16-29(28)40-2)30(38)22-36-27-14-8-7-13-26(27)34-35-36/h4-20,31H,3,21-22H2,1-2H3,(H,33,39)/t31-/m0/s1. The van der Waals surface area contributed by atoms with E-state index in [-0.39, 0.29) is 18.4 Å². The van der Waals surface area contributed by atoms with Crippen LogP contribution in [0.3, 0.4) is 0 Å². The molecule has 1 N–H and O–H groups in total. The molecule has 5 aromatic rings. The molecule has 41 heavy (non-hydrogen) atoms. The maximum atomic E-state index is 14.3. The summed E-state index contributed by atoms with van der Waals surface area (Å²) in [7, 11) is 1.54. The monoisotopic (exact) mass is 549 g/mol. The van der Waals surface area contributed by atoms with Crippen LogP contribution in [-0.2, 0) is 22.7 Å². The molecule has 0 saturated heterocycles. The first-order chi connectivity index (χ1) is 20.1. The number of rotatable bonds is 11. The van der Waals surface area contributed by atoms with E-state index < -0.39 is 6.04 Å². The van der Waals surface area contributed by atoms with Crippen LogP contribution in [-0.4, -0.2) is 40.5 Å². The van der Waals surface area contributed by atoms with Crippen molar-refractivity contribution < 1.29 is 19.1 Å². The van der Waals surface area contributed by atoms with Crippen molar-refractivity contribution in [1.29, 1.82) is 0 Å². The summed E-state index contributed by atoms with van der Waals surface area (Å²) in [4.78, 5) is 29.8. The summed E-state index contributed by atoms with van der Waals surface area (Å²) < 4.78 is 12.8. The van der Waals surface area contributed by atoms with Crippen LogP contribution < -0.4 is 19.7 Å². The third kappa shape index (κ3) is 6.19. The van der Waals surface area contributed by atoms with Gasteiger partial charge in [-0.3, -0.25) is 14.5 Å². The molecule has 0 saturated carbocycles. The second kappa shape index (κ2) is 12.8. The van der Waals surface area contributed by atoms with E-state index in [9.17, 15) is 9.59 Å². The zero-order chi connectivity index (χ0) is 28.6. The number of para-hydroxylation sites is 3. The number of methoxy groups -OCH3 is 1. The van der Waals surface area contributed by atoms with Crippen molar-refractivity contribution in [2.24, 2.45) is 0 Å². The average Bonchev–Trinajstić information content (AvgIpc) is 3.42. The molecular formula is C32H31N5O4. The highest BCUT2D eigenvalue weighted by Crippen LogP contribution is 2.36. The molecule has 4 aromatic carbocycles. The number of benzene rings is 4. The van der Waals surface area contributed by atoms with Gasteiger partial charge < -0.3 is 14.8 Å². The molecule has 1 aromatic heterocycles. The van der Waals surface area contributed by atoms with E-state index in [4.69, 9.17) is 9.47 Å². The minimum Gasteiger partial charge on any atom is -0.495 e. The normalized spacial score (nSPS) is 11.6. The summed E-state index contributed by atoms with van der Waals surface area (Å²) >= 11 is 0. The predicted octanol–water partition coefficient (Wildman–Crippen LogP) is 4.93. The lowest BCUT2D eigenvalue weighted by Gasteiger charge is -2.32. The molecule has 0 radical (unpaired) electrons. The Bertz CT molecular complexity index is 1620. The molecule has 0 aliphatic heterocycles. The lowest BCUT2D eigenvalue weighted by atomic mass is 10.0. The zero-order valence-corrected chi connectivity index (χ0v) is 22.9. The largest absolute Gasteiger partial charge is 0.495 e. The number of nitrogens with one attached hydrogen (secondary N) is 1. The molecule has 0 aliphatic carbocycles. The number of carbonyl (C=O) groups excluding carboxylic acids is 2. The first kappa shape index (κ1) is 27.4. The lowest BCUT2D eigenvalue weighted by Crippen LogP contribution is -2.45. The summed E-state index contributed by atoms with van der Waals surface area (Å²) in [6.45, 7) is 2.58. The quantitative estimate of drug-likeness (QED) is 0.251. The van der Waals surface area contributed by atoms with Gasteiger partial charge in [0.2, 0.25) is 11.8 Å². The molecule has 0 aliphatic rings.